The summed E-state index contributed by atoms with van der Waals surface area (Å²) in [5, 5.41) is 30.9. The van der Waals surface area contributed by atoms with Gasteiger partial charge >= 0.3 is 0 Å². The highest BCUT2D eigenvalue weighted by Crippen LogP contribution is 2.25. The fraction of sp³-hybridized carbons (Fsp3) is 0.889. The van der Waals surface area contributed by atoms with Crippen molar-refractivity contribution in [3.8, 4) is 0 Å². The van der Waals surface area contributed by atoms with E-state index in [9.17, 15) is 20.1 Å². The molecule has 5 nitrogen and oxygen atoms in total. The van der Waals surface area contributed by atoms with Gasteiger partial charge in [0.05, 0.1) is 12.2 Å². The summed E-state index contributed by atoms with van der Waals surface area (Å²) in [6, 6.07) is -0.277. The summed E-state index contributed by atoms with van der Waals surface area (Å²) in [6.07, 6.45) is -2.80. The molecular formula is C9H17NO4. The Hall–Kier alpha value is -0.650. The Bertz CT molecular complexity index is 221. The van der Waals surface area contributed by atoms with E-state index in [2.05, 4.69) is 5.32 Å². The summed E-state index contributed by atoms with van der Waals surface area (Å²) < 4.78 is 0. The van der Waals surface area contributed by atoms with Crippen LogP contribution < -0.4 is 5.32 Å². The first-order chi connectivity index (χ1) is 6.43. The van der Waals surface area contributed by atoms with E-state index in [-0.39, 0.29) is 24.3 Å². The lowest BCUT2D eigenvalue weighted by Crippen LogP contribution is -2.56. The molecule has 0 radical (unpaired) electrons. The van der Waals surface area contributed by atoms with Crippen LogP contribution in [0.2, 0.25) is 0 Å². The van der Waals surface area contributed by atoms with E-state index in [1.54, 1.807) is 6.92 Å². The number of rotatable bonds is 1. The minimum atomic E-state index is -1.12. The van der Waals surface area contributed by atoms with Crippen molar-refractivity contribution in [3.05, 3.63) is 0 Å². The molecule has 14 heavy (non-hydrogen) atoms. The van der Waals surface area contributed by atoms with Gasteiger partial charge in [0.25, 0.3) is 0 Å². The SMILES string of the molecule is CC(=O)NC1CC(O)C(O)C(O)C1C. The number of aliphatic hydroxyl groups excluding tert-OH is 3. The Balaban J connectivity index is 2.65. The van der Waals surface area contributed by atoms with Crippen LogP contribution in [-0.2, 0) is 4.79 Å². The van der Waals surface area contributed by atoms with Gasteiger partial charge in [-0.15, -0.1) is 0 Å². The molecule has 0 aromatic carbocycles. The molecule has 5 atom stereocenters. The zero-order valence-corrected chi connectivity index (χ0v) is 8.34. The van der Waals surface area contributed by atoms with Crippen molar-refractivity contribution >= 4 is 5.91 Å². The minimum absolute atomic E-state index is 0.197. The maximum absolute atomic E-state index is 10.8. The number of carbonyl (C=O) groups is 1. The van der Waals surface area contributed by atoms with Gasteiger partial charge in [0, 0.05) is 18.9 Å². The van der Waals surface area contributed by atoms with Crippen molar-refractivity contribution in [3.63, 3.8) is 0 Å². The van der Waals surface area contributed by atoms with E-state index >= 15 is 0 Å². The first-order valence-corrected chi connectivity index (χ1v) is 4.74. The third kappa shape index (κ3) is 2.23. The van der Waals surface area contributed by atoms with Crippen LogP contribution in [0.1, 0.15) is 20.3 Å². The van der Waals surface area contributed by atoms with Crippen molar-refractivity contribution in [2.75, 3.05) is 0 Å². The van der Waals surface area contributed by atoms with Gasteiger partial charge < -0.3 is 20.6 Å². The maximum atomic E-state index is 10.8. The van der Waals surface area contributed by atoms with Crippen molar-refractivity contribution in [1.29, 1.82) is 0 Å². The lowest BCUT2D eigenvalue weighted by molar-refractivity contribution is -0.130. The first kappa shape index (κ1) is 11.4. The molecular weight excluding hydrogens is 186 g/mol. The molecule has 1 aliphatic carbocycles. The third-order valence-electron chi connectivity index (χ3n) is 2.80. The lowest BCUT2D eigenvalue weighted by Gasteiger charge is -2.39. The lowest BCUT2D eigenvalue weighted by atomic mass is 9.80. The fourth-order valence-corrected chi connectivity index (χ4v) is 1.84. The largest absolute Gasteiger partial charge is 0.390 e. The molecule has 0 heterocycles. The van der Waals surface area contributed by atoms with Gasteiger partial charge in [-0.2, -0.15) is 0 Å². The van der Waals surface area contributed by atoms with Crippen LogP contribution in [0.5, 0.6) is 0 Å². The van der Waals surface area contributed by atoms with E-state index in [0.29, 0.717) is 0 Å². The van der Waals surface area contributed by atoms with E-state index in [0.717, 1.165) is 0 Å². The average molecular weight is 203 g/mol. The molecule has 0 saturated heterocycles. The first-order valence-electron chi connectivity index (χ1n) is 4.74. The second-order valence-electron chi connectivity index (χ2n) is 3.95. The summed E-state index contributed by atoms with van der Waals surface area (Å²) in [6.45, 7) is 3.12. The van der Waals surface area contributed by atoms with Crippen molar-refractivity contribution in [2.24, 2.45) is 5.92 Å². The molecule has 1 fully saturated rings. The summed E-state index contributed by atoms with van der Waals surface area (Å²) >= 11 is 0. The summed E-state index contributed by atoms with van der Waals surface area (Å²) in [5.41, 5.74) is 0. The van der Waals surface area contributed by atoms with Crippen LogP contribution in [0.3, 0.4) is 0 Å². The van der Waals surface area contributed by atoms with Gasteiger partial charge in [0.1, 0.15) is 6.10 Å². The maximum Gasteiger partial charge on any atom is 0.217 e. The van der Waals surface area contributed by atoms with Gasteiger partial charge in [0.15, 0.2) is 0 Å². The summed E-state index contributed by atoms with van der Waals surface area (Å²) in [4.78, 5) is 10.8. The standard InChI is InChI=1S/C9H17NO4/c1-4-6(10-5(2)11)3-7(12)9(14)8(4)13/h4,6-9,12-14H,3H2,1-2H3,(H,10,11). The van der Waals surface area contributed by atoms with Crippen LogP contribution in [0.4, 0.5) is 0 Å². The van der Waals surface area contributed by atoms with Gasteiger partial charge in [-0.25, -0.2) is 0 Å². The number of hydrogen-bond donors (Lipinski definition) is 4. The van der Waals surface area contributed by atoms with Crippen molar-refractivity contribution in [2.45, 2.75) is 44.6 Å². The fourth-order valence-electron chi connectivity index (χ4n) is 1.84. The van der Waals surface area contributed by atoms with Crippen LogP contribution >= 0.6 is 0 Å². The second kappa shape index (κ2) is 4.25. The zero-order chi connectivity index (χ0) is 10.9. The highest BCUT2D eigenvalue weighted by atomic mass is 16.4. The quantitative estimate of drug-likeness (QED) is 0.422. The molecule has 1 saturated carbocycles. The molecule has 0 bridgehead atoms. The van der Waals surface area contributed by atoms with Crippen LogP contribution in [0.25, 0.3) is 0 Å². The van der Waals surface area contributed by atoms with Gasteiger partial charge in [-0.1, -0.05) is 6.92 Å². The van der Waals surface area contributed by atoms with Crippen LogP contribution in [0, 0.1) is 5.92 Å². The topological polar surface area (TPSA) is 89.8 Å². The Morgan fingerprint density at radius 3 is 2.36 bits per heavy atom. The molecule has 0 spiro atoms. The molecule has 5 unspecified atom stereocenters. The Morgan fingerprint density at radius 1 is 1.29 bits per heavy atom. The highest BCUT2D eigenvalue weighted by molar-refractivity contribution is 5.73. The molecule has 0 aromatic heterocycles. The Kier molecular flexibility index (Phi) is 3.47. The number of aliphatic hydroxyl groups is 3. The number of carbonyl (C=O) groups excluding carboxylic acids is 1. The normalized spacial score (nSPS) is 43.4. The van der Waals surface area contributed by atoms with E-state index in [1.165, 1.54) is 6.92 Å². The van der Waals surface area contributed by atoms with Crippen LogP contribution in [0.15, 0.2) is 0 Å². The molecule has 4 N–H and O–H groups in total. The summed E-state index contributed by atoms with van der Waals surface area (Å²) in [5.74, 6) is -0.449. The minimum Gasteiger partial charge on any atom is -0.390 e. The predicted octanol–water partition coefficient (Wildman–Crippen LogP) is -1.39. The molecule has 5 heteroatoms. The molecule has 1 aliphatic rings. The Morgan fingerprint density at radius 2 is 1.86 bits per heavy atom. The third-order valence-corrected chi connectivity index (χ3v) is 2.80. The zero-order valence-electron chi connectivity index (χ0n) is 8.34. The van der Waals surface area contributed by atoms with Gasteiger partial charge in [0.2, 0.25) is 5.91 Å². The van der Waals surface area contributed by atoms with E-state index in [1.807, 2.05) is 0 Å². The molecule has 1 amide bonds. The van der Waals surface area contributed by atoms with Crippen molar-refractivity contribution in [1.82, 2.24) is 5.32 Å². The Labute approximate surface area is 82.7 Å². The predicted molar refractivity (Wildman–Crippen MR) is 49.4 cm³/mol. The van der Waals surface area contributed by atoms with E-state index < -0.39 is 18.3 Å². The molecule has 0 aliphatic heterocycles. The van der Waals surface area contributed by atoms with Crippen molar-refractivity contribution < 1.29 is 20.1 Å². The summed E-state index contributed by atoms with van der Waals surface area (Å²) in [7, 11) is 0. The number of nitrogens with one attached hydrogen (secondary N) is 1. The van der Waals surface area contributed by atoms with Crippen LogP contribution in [-0.4, -0.2) is 45.6 Å². The smallest absolute Gasteiger partial charge is 0.217 e. The molecule has 1 rings (SSSR count). The average Bonchev–Trinajstić information content (AvgIpc) is 2.10. The van der Waals surface area contributed by atoms with Gasteiger partial charge in [-0.3, -0.25) is 4.79 Å². The second-order valence-corrected chi connectivity index (χ2v) is 3.95. The van der Waals surface area contributed by atoms with E-state index in [4.69, 9.17) is 0 Å². The number of amides is 1. The van der Waals surface area contributed by atoms with Gasteiger partial charge in [-0.05, 0) is 6.42 Å². The molecule has 0 aromatic rings. The number of hydrogen-bond acceptors (Lipinski definition) is 4. The molecule has 82 valence electrons. The monoisotopic (exact) mass is 203 g/mol. The highest BCUT2D eigenvalue weighted by Gasteiger charge is 2.40.